The Hall–Kier alpha value is -3.75. The molecule has 27 heavy (non-hydrogen) atoms. The van der Waals surface area contributed by atoms with Crippen LogP contribution in [0.25, 0.3) is 11.9 Å². The van der Waals surface area contributed by atoms with Gasteiger partial charge in [-0.05, 0) is 18.2 Å². The molecule has 3 aromatic rings. The van der Waals surface area contributed by atoms with Crippen molar-refractivity contribution in [3.63, 3.8) is 0 Å². The number of pyridine rings is 1. The molecule has 3 heterocycles. The number of nitrogens with one attached hydrogen (secondary N) is 1. The van der Waals surface area contributed by atoms with Crippen LogP contribution in [0.4, 0.5) is 0 Å². The molecule has 0 radical (unpaired) electrons. The van der Waals surface area contributed by atoms with E-state index in [4.69, 9.17) is 0 Å². The lowest BCUT2D eigenvalue weighted by Crippen LogP contribution is -2.37. The molecule has 9 nitrogen and oxygen atoms in total. The molecule has 0 saturated heterocycles. The zero-order chi connectivity index (χ0) is 19.4. The predicted molar refractivity (Wildman–Crippen MR) is 99.2 cm³/mol. The lowest BCUT2D eigenvalue weighted by molar-refractivity contribution is -0.116. The van der Waals surface area contributed by atoms with Crippen molar-refractivity contribution in [2.45, 2.75) is 6.54 Å². The van der Waals surface area contributed by atoms with Gasteiger partial charge in [-0.25, -0.2) is 14.5 Å². The molecule has 1 amide bonds. The number of aryl methyl sites for hydroxylation is 1. The van der Waals surface area contributed by atoms with Gasteiger partial charge < -0.3 is 9.88 Å². The molecule has 0 atom stereocenters. The normalized spacial score (nSPS) is 11.0. The predicted octanol–water partition coefficient (Wildman–Crippen LogP) is -0.00570. The summed E-state index contributed by atoms with van der Waals surface area (Å²) in [5.74, 6) is 0.250. The fourth-order valence-corrected chi connectivity index (χ4v) is 2.53. The first kappa shape index (κ1) is 18.1. The summed E-state index contributed by atoms with van der Waals surface area (Å²) in [5, 5.41) is 6.89. The van der Waals surface area contributed by atoms with Crippen molar-refractivity contribution in [1.82, 2.24) is 29.2 Å². The van der Waals surface area contributed by atoms with Crippen molar-refractivity contribution in [2.75, 3.05) is 0 Å². The topological polar surface area (TPSA) is 104 Å². The Kier molecular flexibility index (Phi) is 5.11. The summed E-state index contributed by atoms with van der Waals surface area (Å²) in [4.78, 5) is 40.1. The minimum Gasteiger partial charge on any atom is -0.348 e. The summed E-state index contributed by atoms with van der Waals surface area (Å²) in [7, 11) is 2.93. The second-order valence-corrected chi connectivity index (χ2v) is 5.83. The number of amides is 1. The smallest absolute Gasteiger partial charge is 0.330 e. The van der Waals surface area contributed by atoms with E-state index in [1.807, 2.05) is 6.07 Å². The van der Waals surface area contributed by atoms with Crippen LogP contribution >= 0.6 is 0 Å². The Balaban J connectivity index is 1.73. The van der Waals surface area contributed by atoms with Gasteiger partial charge in [-0.15, -0.1) is 0 Å². The second-order valence-electron chi connectivity index (χ2n) is 5.83. The molecule has 0 unspecified atom stereocenters. The summed E-state index contributed by atoms with van der Waals surface area (Å²) in [6, 6.07) is 5.41. The molecule has 0 fully saturated rings. The summed E-state index contributed by atoms with van der Waals surface area (Å²) in [6.45, 7) is 0.248. The molecule has 0 aliphatic carbocycles. The molecule has 0 spiro atoms. The van der Waals surface area contributed by atoms with Crippen molar-refractivity contribution < 1.29 is 4.79 Å². The first-order valence-electron chi connectivity index (χ1n) is 8.14. The van der Waals surface area contributed by atoms with E-state index in [9.17, 15) is 14.4 Å². The maximum atomic E-state index is 12.1. The van der Waals surface area contributed by atoms with Crippen LogP contribution in [0, 0.1) is 0 Å². The average molecular weight is 366 g/mol. The lowest BCUT2D eigenvalue weighted by Gasteiger charge is -2.08. The van der Waals surface area contributed by atoms with Gasteiger partial charge >= 0.3 is 5.69 Å². The molecule has 0 aliphatic rings. The number of aromatic nitrogens is 5. The van der Waals surface area contributed by atoms with Crippen molar-refractivity contribution in [3.05, 3.63) is 81.0 Å². The van der Waals surface area contributed by atoms with Gasteiger partial charge in [0.2, 0.25) is 5.91 Å². The van der Waals surface area contributed by atoms with Gasteiger partial charge in [0.05, 0.1) is 5.56 Å². The van der Waals surface area contributed by atoms with Gasteiger partial charge in [0.25, 0.3) is 5.56 Å². The van der Waals surface area contributed by atoms with E-state index < -0.39 is 11.2 Å². The van der Waals surface area contributed by atoms with E-state index in [-0.39, 0.29) is 18.0 Å². The molecule has 0 bridgehead atoms. The van der Waals surface area contributed by atoms with Gasteiger partial charge in [-0.1, -0.05) is 6.07 Å². The highest BCUT2D eigenvalue weighted by Crippen LogP contribution is 2.09. The van der Waals surface area contributed by atoms with E-state index >= 15 is 0 Å². The van der Waals surface area contributed by atoms with Crippen LogP contribution in [0.2, 0.25) is 0 Å². The Morgan fingerprint density at radius 3 is 2.78 bits per heavy atom. The van der Waals surface area contributed by atoms with Crippen molar-refractivity contribution in [1.29, 1.82) is 0 Å². The van der Waals surface area contributed by atoms with Gasteiger partial charge in [0, 0.05) is 57.1 Å². The number of hydrogen-bond acceptors (Lipinski definition) is 5. The monoisotopic (exact) mass is 366 g/mol. The van der Waals surface area contributed by atoms with Crippen molar-refractivity contribution in [2.24, 2.45) is 14.1 Å². The minimum atomic E-state index is -0.463. The maximum absolute atomic E-state index is 12.1. The minimum absolute atomic E-state index is 0.244. The summed E-state index contributed by atoms with van der Waals surface area (Å²) >= 11 is 0. The highest BCUT2D eigenvalue weighted by molar-refractivity contribution is 5.91. The van der Waals surface area contributed by atoms with Crippen LogP contribution in [0.15, 0.2) is 58.7 Å². The number of nitrogens with zero attached hydrogens (tertiary/aromatic N) is 5. The third-order valence-corrected chi connectivity index (χ3v) is 3.93. The van der Waals surface area contributed by atoms with E-state index in [0.29, 0.717) is 5.82 Å². The Morgan fingerprint density at radius 1 is 1.22 bits per heavy atom. The second kappa shape index (κ2) is 7.65. The molecule has 9 heteroatoms. The summed E-state index contributed by atoms with van der Waals surface area (Å²) < 4.78 is 3.89. The summed E-state index contributed by atoms with van der Waals surface area (Å²) in [6.07, 6.45) is 9.10. The molecule has 3 rings (SSSR count). The number of hydrogen-bond donors (Lipinski definition) is 1. The number of carbonyl (C=O) groups excluding carboxylic acids is 1. The highest BCUT2D eigenvalue weighted by atomic mass is 16.2. The van der Waals surface area contributed by atoms with Gasteiger partial charge in [0.1, 0.15) is 0 Å². The van der Waals surface area contributed by atoms with Crippen LogP contribution in [0.3, 0.4) is 0 Å². The molecule has 0 saturated carbocycles. The standard InChI is InChI=1S/C18H18N6O3/c1-22-12-14(17(26)23(2)18(22)27)6-7-15(25)20-11-13-5-3-8-19-16(13)24-10-4-9-21-24/h3-10,12H,11H2,1-2H3,(H,20,25)/b7-6+. The molecular weight excluding hydrogens is 348 g/mol. The Bertz CT molecular complexity index is 1110. The average Bonchev–Trinajstić information content (AvgIpc) is 3.21. The lowest BCUT2D eigenvalue weighted by atomic mass is 10.2. The molecule has 0 aliphatic heterocycles. The van der Waals surface area contributed by atoms with E-state index in [1.165, 1.54) is 30.0 Å². The van der Waals surface area contributed by atoms with Gasteiger partial charge in [-0.2, -0.15) is 5.10 Å². The quantitative estimate of drug-likeness (QED) is 0.640. The SMILES string of the molecule is Cn1cc(/C=C/C(=O)NCc2cccnc2-n2cccn2)c(=O)n(C)c1=O. The molecular formula is C18H18N6O3. The molecule has 138 valence electrons. The molecule has 3 aromatic heterocycles. The highest BCUT2D eigenvalue weighted by Gasteiger charge is 2.08. The number of rotatable bonds is 5. The fraction of sp³-hybridized carbons (Fsp3) is 0.167. The zero-order valence-corrected chi connectivity index (χ0v) is 14.9. The van der Waals surface area contributed by atoms with Gasteiger partial charge in [-0.3, -0.25) is 14.2 Å². The van der Waals surface area contributed by atoms with Gasteiger partial charge in [0.15, 0.2) is 5.82 Å². The van der Waals surface area contributed by atoms with Crippen LogP contribution in [-0.2, 0) is 25.4 Å². The largest absolute Gasteiger partial charge is 0.348 e. The Morgan fingerprint density at radius 2 is 2.04 bits per heavy atom. The number of carbonyl (C=O) groups is 1. The molecule has 0 aromatic carbocycles. The first-order valence-corrected chi connectivity index (χ1v) is 8.14. The van der Waals surface area contributed by atoms with Crippen molar-refractivity contribution in [3.8, 4) is 5.82 Å². The fourth-order valence-electron chi connectivity index (χ4n) is 2.53. The third kappa shape index (κ3) is 3.92. The van der Waals surface area contributed by atoms with Crippen LogP contribution < -0.4 is 16.6 Å². The van der Waals surface area contributed by atoms with E-state index in [2.05, 4.69) is 15.4 Å². The van der Waals surface area contributed by atoms with Crippen LogP contribution in [-0.4, -0.2) is 29.8 Å². The van der Waals surface area contributed by atoms with E-state index in [0.717, 1.165) is 10.1 Å². The third-order valence-electron chi connectivity index (χ3n) is 3.93. The zero-order valence-electron chi connectivity index (χ0n) is 14.9. The van der Waals surface area contributed by atoms with Crippen molar-refractivity contribution >= 4 is 12.0 Å². The Labute approximate surface area is 154 Å². The first-order chi connectivity index (χ1) is 13.0. The van der Waals surface area contributed by atoms with E-state index in [1.54, 1.807) is 42.5 Å². The maximum Gasteiger partial charge on any atom is 0.330 e. The van der Waals surface area contributed by atoms with Crippen LogP contribution in [0.1, 0.15) is 11.1 Å². The molecule has 1 N–H and O–H groups in total. The van der Waals surface area contributed by atoms with Crippen LogP contribution in [0.5, 0.6) is 0 Å². The summed E-state index contributed by atoms with van der Waals surface area (Å²) in [5.41, 5.74) is 0.147.